The molecule has 3 rings (SSSR count). The van der Waals surface area contributed by atoms with Gasteiger partial charge in [-0.05, 0) is 26.8 Å². The van der Waals surface area contributed by atoms with Crippen molar-refractivity contribution in [2.24, 2.45) is 0 Å². The van der Waals surface area contributed by atoms with E-state index in [1.54, 1.807) is 11.0 Å². The Kier molecular flexibility index (Phi) is 3.68. The van der Waals surface area contributed by atoms with Crippen LogP contribution in [0.4, 0.5) is 0 Å². The lowest BCUT2D eigenvalue weighted by Crippen LogP contribution is -2.48. The predicted octanol–water partition coefficient (Wildman–Crippen LogP) is 3.64. The summed E-state index contributed by atoms with van der Waals surface area (Å²) in [4.78, 5) is 14.5. The summed E-state index contributed by atoms with van der Waals surface area (Å²) < 4.78 is 11.4. The summed E-state index contributed by atoms with van der Waals surface area (Å²) in [7, 11) is 0. The third-order valence-corrected chi connectivity index (χ3v) is 4.11. The number of carbonyl (C=O) groups is 1. The molecule has 1 fully saturated rings. The summed E-state index contributed by atoms with van der Waals surface area (Å²) in [6.45, 7) is 6.99. The highest BCUT2D eigenvalue weighted by Gasteiger charge is 2.30. The molecule has 2 heterocycles. The highest BCUT2D eigenvalue weighted by molar-refractivity contribution is 6.35. The number of hydrogen-bond donors (Lipinski definition) is 0. The van der Waals surface area contributed by atoms with E-state index in [4.69, 9.17) is 20.8 Å². The minimum absolute atomic E-state index is 0.0333. The van der Waals surface area contributed by atoms with Crippen molar-refractivity contribution in [3.8, 4) is 0 Å². The van der Waals surface area contributed by atoms with Gasteiger partial charge in [-0.15, -0.1) is 0 Å². The molecule has 0 bridgehead atoms. The van der Waals surface area contributed by atoms with Crippen LogP contribution in [0.2, 0.25) is 5.02 Å². The van der Waals surface area contributed by atoms with Crippen LogP contribution in [0.1, 0.15) is 30.0 Å². The number of morpholine rings is 1. The molecule has 21 heavy (non-hydrogen) atoms. The van der Waals surface area contributed by atoms with Gasteiger partial charge in [-0.3, -0.25) is 4.79 Å². The fourth-order valence-corrected chi connectivity index (χ4v) is 3.11. The lowest BCUT2D eigenvalue weighted by Gasteiger charge is -2.34. The molecule has 1 saturated heterocycles. The van der Waals surface area contributed by atoms with E-state index in [1.165, 1.54) is 0 Å². The van der Waals surface area contributed by atoms with Crippen LogP contribution in [0.15, 0.2) is 22.6 Å². The van der Waals surface area contributed by atoms with Gasteiger partial charge in [0.25, 0.3) is 5.91 Å². The number of halogens is 1. The van der Waals surface area contributed by atoms with Crippen molar-refractivity contribution in [1.82, 2.24) is 4.90 Å². The number of amides is 1. The number of aryl methyl sites for hydroxylation is 1. The van der Waals surface area contributed by atoms with Crippen LogP contribution >= 0.6 is 11.6 Å². The highest BCUT2D eigenvalue weighted by Crippen LogP contribution is 2.31. The quantitative estimate of drug-likeness (QED) is 0.807. The Labute approximate surface area is 128 Å². The van der Waals surface area contributed by atoms with Crippen molar-refractivity contribution < 1.29 is 13.9 Å². The average molecular weight is 308 g/mol. The molecule has 1 aliphatic rings. The van der Waals surface area contributed by atoms with E-state index in [9.17, 15) is 4.79 Å². The first kappa shape index (κ1) is 14.4. The summed E-state index contributed by atoms with van der Waals surface area (Å²) in [6, 6.07) is 5.54. The van der Waals surface area contributed by atoms with Gasteiger partial charge < -0.3 is 14.1 Å². The molecule has 1 amide bonds. The van der Waals surface area contributed by atoms with Crippen LogP contribution in [0.3, 0.4) is 0 Å². The summed E-state index contributed by atoms with van der Waals surface area (Å²) in [5.41, 5.74) is 1.42. The number of ether oxygens (including phenoxy) is 1. The number of hydrogen-bond acceptors (Lipinski definition) is 3. The van der Waals surface area contributed by atoms with Crippen LogP contribution in [0, 0.1) is 6.92 Å². The summed E-state index contributed by atoms with van der Waals surface area (Å²) >= 11 is 6.14. The third kappa shape index (κ3) is 2.54. The minimum atomic E-state index is -0.0956. The monoisotopic (exact) mass is 307 g/mol. The van der Waals surface area contributed by atoms with Crippen LogP contribution in [-0.2, 0) is 4.74 Å². The van der Waals surface area contributed by atoms with Gasteiger partial charge in [0, 0.05) is 24.0 Å². The second-order valence-corrected chi connectivity index (χ2v) is 6.05. The van der Waals surface area contributed by atoms with E-state index < -0.39 is 0 Å². The van der Waals surface area contributed by atoms with E-state index in [2.05, 4.69) is 0 Å². The van der Waals surface area contributed by atoms with Gasteiger partial charge in [0.15, 0.2) is 11.3 Å². The van der Waals surface area contributed by atoms with Gasteiger partial charge in [-0.2, -0.15) is 0 Å². The Morgan fingerprint density at radius 3 is 2.57 bits per heavy atom. The smallest absolute Gasteiger partial charge is 0.290 e. The normalized spacial score (nSPS) is 22.8. The first-order valence-electron chi connectivity index (χ1n) is 7.09. The summed E-state index contributed by atoms with van der Waals surface area (Å²) in [6.07, 6.45) is 0.0666. The van der Waals surface area contributed by atoms with E-state index >= 15 is 0 Å². The number of rotatable bonds is 1. The molecule has 2 aromatic rings. The van der Waals surface area contributed by atoms with Crippen LogP contribution in [0.25, 0.3) is 11.0 Å². The van der Waals surface area contributed by atoms with Gasteiger partial charge >= 0.3 is 0 Å². The molecular weight excluding hydrogens is 290 g/mol. The molecule has 0 aliphatic carbocycles. The second-order valence-electron chi connectivity index (χ2n) is 5.64. The van der Waals surface area contributed by atoms with Gasteiger partial charge in [0.2, 0.25) is 0 Å². The van der Waals surface area contributed by atoms with Crippen molar-refractivity contribution in [2.75, 3.05) is 13.1 Å². The predicted molar refractivity (Wildman–Crippen MR) is 81.9 cm³/mol. The highest BCUT2D eigenvalue weighted by atomic mass is 35.5. The molecule has 0 radical (unpaired) electrons. The van der Waals surface area contributed by atoms with Crippen LogP contribution in [0.5, 0.6) is 0 Å². The molecular formula is C16H18ClNO3. The molecule has 2 atom stereocenters. The minimum Gasteiger partial charge on any atom is -0.449 e. The SMILES string of the molecule is Cc1c(C(=O)N2C[C@@H](C)O[C@@H](C)C2)oc2c(Cl)cccc12. The van der Waals surface area contributed by atoms with Crippen LogP contribution < -0.4 is 0 Å². The van der Waals surface area contributed by atoms with Crippen molar-refractivity contribution in [2.45, 2.75) is 33.0 Å². The van der Waals surface area contributed by atoms with Crippen molar-refractivity contribution in [3.05, 3.63) is 34.5 Å². The molecule has 0 saturated carbocycles. The second kappa shape index (κ2) is 5.35. The van der Waals surface area contributed by atoms with E-state index in [0.717, 1.165) is 10.9 Å². The summed E-state index contributed by atoms with van der Waals surface area (Å²) in [5, 5.41) is 1.42. The molecule has 1 aromatic heterocycles. The maximum Gasteiger partial charge on any atom is 0.290 e. The maximum absolute atomic E-state index is 12.7. The van der Waals surface area contributed by atoms with Gasteiger partial charge in [0.05, 0.1) is 17.2 Å². The number of benzene rings is 1. The zero-order valence-corrected chi connectivity index (χ0v) is 13.1. The Bertz CT molecular complexity index is 684. The van der Waals surface area contributed by atoms with E-state index in [0.29, 0.717) is 29.5 Å². The van der Waals surface area contributed by atoms with Crippen molar-refractivity contribution in [1.29, 1.82) is 0 Å². The number of fused-ring (bicyclic) bond motifs is 1. The maximum atomic E-state index is 12.7. The first-order valence-corrected chi connectivity index (χ1v) is 7.47. The fourth-order valence-electron chi connectivity index (χ4n) is 2.90. The van der Waals surface area contributed by atoms with E-state index in [1.807, 2.05) is 32.9 Å². The van der Waals surface area contributed by atoms with Gasteiger partial charge in [0.1, 0.15) is 0 Å². The first-order chi connectivity index (χ1) is 9.97. The van der Waals surface area contributed by atoms with Gasteiger partial charge in [-0.25, -0.2) is 0 Å². The zero-order valence-electron chi connectivity index (χ0n) is 12.4. The molecule has 0 unspecified atom stereocenters. The molecule has 0 spiro atoms. The van der Waals surface area contributed by atoms with Crippen LogP contribution in [-0.4, -0.2) is 36.1 Å². The lowest BCUT2D eigenvalue weighted by molar-refractivity contribution is -0.0592. The molecule has 112 valence electrons. The van der Waals surface area contributed by atoms with E-state index in [-0.39, 0.29) is 18.1 Å². The topological polar surface area (TPSA) is 42.7 Å². The lowest BCUT2D eigenvalue weighted by atomic mass is 10.1. The molecule has 5 heteroatoms. The standard InChI is InChI=1S/C16H18ClNO3/c1-9-7-18(8-10(2)20-9)16(19)14-11(3)12-5-4-6-13(17)15(12)21-14/h4-6,9-10H,7-8H2,1-3H3/t9-,10+. The van der Waals surface area contributed by atoms with Gasteiger partial charge in [-0.1, -0.05) is 23.7 Å². The fraction of sp³-hybridized carbons (Fsp3) is 0.438. The molecule has 1 aromatic carbocycles. The van der Waals surface area contributed by atoms with Crippen molar-refractivity contribution >= 4 is 28.5 Å². The Morgan fingerprint density at radius 1 is 1.29 bits per heavy atom. The number of para-hydroxylation sites is 1. The summed E-state index contributed by atoms with van der Waals surface area (Å²) in [5.74, 6) is 0.279. The number of carbonyl (C=O) groups excluding carboxylic acids is 1. The average Bonchev–Trinajstić information content (AvgIpc) is 2.76. The Hall–Kier alpha value is -1.52. The molecule has 1 aliphatic heterocycles. The molecule has 4 nitrogen and oxygen atoms in total. The van der Waals surface area contributed by atoms with Crippen molar-refractivity contribution in [3.63, 3.8) is 0 Å². The largest absolute Gasteiger partial charge is 0.449 e. The molecule has 0 N–H and O–H groups in total. The zero-order chi connectivity index (χ0) is 15.1. The third-order valence-electron chi connectivity index (χ3n) is 3.82. The Balaban J connectivity index is 1.98. The Morgan fingerprint density at radius 2 is 1.95 bits per heavy atom. The number of furan rings is 1. The number of nitrogens with zero attached hydrogens (tertiary/aromatic N) is 1.